The molecule has 0 aromatic carbocycles. The lowest BCUT2D eigenvalue weighted by Crippen LogP contribution is -2.43. The Morgan fingerprint density at radius 1 is 1.47 bits per heavy atom. The van der Waals surface area contributed by atoms with Gasteiger partial charge in [-0.15, -0.1) is 5.10 Å². The van der Waals surface area contributed by atoms with Crippen LogP contribution in [0.2, 0.25) is 0 Å². The maximum Gasteiger partial charge on any atom is 0.243 e. The van der Waals surface area contributed by atoms with Crippen molar-refractivity contribution in [3.63, 3.8) is 0 Å². The van der Waals surface area contributed by atoms with Crippen LogP contribution in [0.15, 0.2) is 18.3 Å². The number of amides is 1. The van der Waals surface area contributed by atoms with Crippen LogP contribution < -0.4 is 5.32 Å². The molecule has 1 atom stereocenters. The zero-order chi connectivity index (χ0) is 13.4. The minimum Gasteiger partial charge on any atom is -0.348 e. The minimum atomic E-state index is -0.355. The number of nitrogens with one attached hydrogen (secondary N) is 1. The first kappa shape index (κ1) is 11.9. The van der Waals surface area contributed by atoms with E-state index in [1.807, 2.05) is 0 Å². The molecule has 100 valence electrons. The first-order valence-corrected chi connectivity index (χ1v) is 6.14. The lowest BCUT2D eigenvalue weighted by molar-refractivity contribution is -0.132. The molecule has 1 saturated heterocycles. The monoisotopic (exact) mass is 263 g/mol. The van der Waals surface area contributed by atoms with E-state index in [1.54, 1.807) is 18.0 Å². The van der Waals surface area contributed by atoms with E-state index in [0.717, 1.165) is 6.42 Å². The number of anilines is 1. The van der Waals surface area contributed by atoms with Gasteiger partial charge in [0, 0.05) is 26.1 Å². The van der Waals surface area contributed by atoms with Gasteiger partial charge in [-0.3, -0.25) is 4.79 Å². The summed E-state index contributed by atoms with van der Waals surface area (Å²) in [6.07, 6.45) is 2.56. The fourth-order valence-corrected chi connectivity index (χ4v) is 2.23. The van der Waals surface area contributed by atoms with Crippen LogP contribution in [0.25, 0.3) is 5.65 Å². The first-order valence-electron chi connectivity index (χ1n) is 6.14. The second-order valence-electron chi connectivity index (χ2n) is 4.74. The molecule has 1 aliphatic rings. The van der Waals surface area contributed by atoms with E-state index in [2.05, 4.69) is 15.4 Å². The van der Waals surface area contributed by atoms with Gasteiger partial charge in [-0.25, -0.2) is 8.91 Å². The van der Waals surface area contributed by atoms with Crippen LogP contribution in [0, 0.1) is 5.82 Å². The van der Waals surface area contributed by atoms with Crippen LogP contribution in [-0.4, -0.2) is 45.0 Å². The van der Waals surface area contributed by atoms with Crippen LogP contribution in [0.4, 0.5) is 10.3 Å². The Balaban J connectivity index is 1.76. The highest BCUT2D eigenvalue weighted by Crippen LogP contribution is 2.14. The van der Waals surface area contributed by atoms with Crippen molar-refractivity contribution in [1.29, 1.82) is 0 Å². The van der Waals surface area contributed by atoms with Gasteiger partial charge < -0.3 is 10.2 Å². The Morgan fingerprint density at radius 3 is 3.11 bits per heavy atom. The number of carbonyl (C=O) groups excluding carboxylic acids is 1. The fourth-order valence-electron chi connectivity index (χ4n) is 2.23. The molecule has 0 bridgehead atoms. The zero-order valence-corrected chi connectivity index (χ0v) is 10.5. The van der Waals surface area contributed by atoms with E-state index < -0.39 is 0 Å². The highest BCUT2D eigenvalue weighted by Gasteiger charge is 2.23. The number of hydrogen-bond acceptors (Lipinski definition) is 4. The molecular weight excluding hydrogens is 249 g/mol. The number of piperidine rings is 1. The van der Waals surface area contributed by atoms with Gasteiger partial charge in [-0.05, 0) is 18.6 Å². The summed E-state index contributed by atoms with van der Waals surface area (Å²) in [6.45, 7) is 0.628. The van der Waals surface area contributed by atoms with E-state index in [1.165, 1.54) is 16.8 Å². The van der Waals surface area contributed by atoms with Crippen molar-refractivity contribution < 1.29 is 9.18 Å². The number of hydrogen-bond donors (Lipinski definition) is 1. The molecule has 7 heteroatoms. The van der Waals surface area contributed by atoms with Crippen LogP contribution in [0.3, 0.4) is 0 Å². The van der Waals surface area contributed by atoms with Crippen molar-refractivity contribution in [3.8, 4) is 0 Å². The summed E-state index contributed by atoms with van der Waals surface area (Å²) >= 11 is 0. The van der Waals surface area contributed by atoms with Gasteiger partial charge >= 0.3 is 0 Å². The molecule has 1 amide bonds. The second kappa shape index (κ2) is 4.49. The van der Waals surface area contributed by atoms with Gasteiger partial charge in [0.1, 0.15) is 5.82 Å². The summed E-state index contributed by atoms with van der Waals surface area (Å²) in [6, 6.07) is 3.05. The van der Waals surface area contributed by atoms with Crippen molar-refractivity contribution in [3.05, 3.63) is 24.1 Å². The highest BCUT2D eigenvalue weighted by molar-refractivity contribution is 5.76. The maximum absolute atomic E-state index is 13.0. The van der Waals surface area contributed by atoms with Gasteiger partial charge in [0.2, 0.25) is 11.9 Å². The SMILES string of the molecule is CN1CC(Nc2nc3ccc(F)cn3n2)CCC1=O. The van der Waals surface area contributed by atoms with E-state index in [0.29, 0.717) is 24.6 Å². The Kier molecular flexibility index (Phi) is 2.81. The maximum atomic E-state index is 13.0. The third kappa shape index (κ3) is 2.35. The summed E-state index contributed by atoms with van der Waals surface area (Å²) < 4.78 is 14.4. The molecule has 1 aliphatic heterocycles. The Bertz CT molecular complexity index is 626. The Hall–Kier alpha value is -2.18. The topological polar surface area (TPSA) is 62.5 Å². The summed E-state index contributed by atoms with van der Waals surface area (Å²) in [7, 11) is 1.78. The van der Waals surface area contributed by atoms with Gasteiger partial charge in [0.15, 0.2) is 5.65 Å². The van der Waals surface area contributed by atoms with Crippen molar-refractivity contribution >= 4 is 17.5 Å². The lowest BCUT2D eigenvalue weighted by atomic mass is 10.1. The average Bonchev–Trinajstić information content (AvgIpc) is 2.75. The van der Waals surface area contributed by atoms with Crippen LogP contribution in [0.5, 0.6) is 0 Å². The van der Waals surface area contributed by atoms with E-state index in [9.17, 15) is 9.18 Å². The van der Waals surface area contributed by atoms with Crippen molar-refractivity contribution in [2.24, 2.45) is 0 Å². The third-order valence-corrected chi connectivity index (χ3v) is 3.25. The zero-order valence-electron chi connectivity index (χ0n) is 10.5. The molecule has 2 aromatic heterocycles. The van der Waals surface area contributed by atoms with Crippen LogP contribution in [0.1, 0.15) is 12.8 Å². The van der Waals surface area contributed by atoms with Crippen molar-refractivity contribution in [1.82, 2.24) is 19.5 Å². The molecule has 1 N–H and O–H groups in total. The minimum absolute atomic E-state index is 0.130. The molecule has 1 fully saturated rings. The molecule has 2 aromatic rings. The predicted octanol–water partition coefficient (Wildman–Crippen LogP) is 0.901. The quantitative estimate of drug-likeness (QED) is 0.874. The number of aromatic nitrogens is 3. The standard InChI is InChI=1S/C12H14FN5O/c1-17-7-9(3-5-11(17)19)14-12-15-10-4-2-8(13)6-18(10)16-12/h2,4,6,9H,3,5,7H2,1H3,(H,14,16). The number of nitrogens with zero attached hydrogens (tertiary/aromatic N) is 4. The van der Waals surface area contributed by atoms with Crippen molar-refractivity contribution in [2.75, 3.05) is 18.9 Å². The number of likely N-dealkylation sites (tertiary alicyclic amines) is 1. The predicted molar refractivity (Wildman–Crippen MR) is 67.2 cm³/mol. The molecule has 0 spiro atoms. The number of fused-ring (bicyclic) bond motifs is 1. The molecule has 6 nitrogen and oxygen atoms in total. The lowest BCUT2D eigenvalue weighted by Gasteiger charge is -2.29. The molecule has 0 aliphatic carbocycles. The molecular formula is C12H14FN5O. The largest absolute Gasteiger partial charge is 0.348 e. The van der Waals surface area contributed by atoms with E-state index in [-0.39, 0.29) is 17.8 Å². The number of likely N-dealkylation sites (N-methyl/N-ethyl adjacent to an activating group) is 1. The van der Waals surface area contributed by atoms with Crippen molar-refractivity contribution in [2.45, 2.75) is 18.9 Å². The van der Waals surface area contributed by atoms with E-state index >= 15 is 0 Å². The summed E-state index contributed by atoms with van der Waals surface area (Å²) in [5.74, 6) is 0.258. The Morgan fingerprint density at radius 2 is 2.32 bits per heavy atom. The summed E-state index contributed by atoms with van der Waals surface area (Å²) in [5, 5.41) is 7.34. The fraction of sp³-hybridized carbons (Fsp3) is 0.417. The molecule has 1 unspecified atom stereocenters. The van der Waals surface area contributed by atoms with Gasteiger partial charge in [-0.1, -0.05) is 0 Å². The average molecular weight is 263 g/mol. The van der Waals surface area contributed by atoms with Crippen LogP contribution in [-0.2, 0) is 4.79 Å². The molecule has 0 radical (unpaired) electrons. The van der Waals surface area contributed by atoms with Gasteiger partial charge in [-0.2, -0.15) is 4.98 Å². The molecule has 19 heavy (non-hydrogen) atoms. The first-order chi connectivity index (χ1) is 9.11. The van der Waals surface area contributed by atoms with Gasteiger partial charge in [0.05, 0.1) is 6.20 Å². The third-order valence-electron chi connectivity index (χ3n) is 3.25. The number of pyridine rings is 1. The second-order valence-corrected chi connectivity index (χ2v) is 4.74. The molecule has 0 saturated carbocycles. The number of halogens is 1. The molecule has 3 rings (SSSR count). The summed E-state index contributed by atoms with van der Waals surface area (Å²) in [4.78, 5) is 17.3. The number of rotatable bonds is 2. The highest BCUT2D eigenvalue weighted by atomic mass is 19.1. The molecule has 3 heterocycles. The normalized spacial score (nSPS) is 20.0. The smallest absolute Gasteiger partial charge is 0.243 e. The summed E-state index contributed by atoms with van der Waals surface area (Å²) in [5.41, 5.74) is 0.587. The van der Waals surface area contributed by atoms with Crippen LogP contribution >= 0.6 is 0 Å². The van der Waals surface area contributed by atoms with E-state index in [4.69, 9.17) is 0 Å². The van der Waals surface area contributed by atoms with Gasteiger partial charge in [0.25, 0.3) is 0 Å². The Labute approximate surface area is 109 Å². The number of carbonyl (C=O) groups is 1.